The van der Waals surface area contributed by atoms with Gasteiger partial charge in [-0.25, -0.2) is 0 Å². The largest absolute Gasteiger partial charge is 0.379 e. The summed E-state index contributed by atoms with van der Waals surface area (Å²) in [6, 6.07) is 16.1. The lowest BCUT2D eigenvalue weighted by Crippen LogP contribution is -2.05. The number of amides is 1. The van der Waals surface area contributed by atoms with Crippen LogP contribution in [0.4, 0.5) is 11.4 Å². The van der Waals surface area contributed by atoms with Crippen LogP contribution >= 0.6 is 9.24 Å². The van der Waals surface area contributed by atoms with E-state index in [9.17, 15) is 4.79 Å². The van der Waals surface area contributed by atoms with Gasteiger partial charge in [0.15, 0.2) is 0 Å². The van der Waals surface area contributed by atoms with Crippen LogP contribution in [0.15, 0.2) is 48.5 Å². The van der Waals surface area contributed by atoms with Gasteiger partial charge in [-0.15, -0.1) is 9.24 Å². The van der Waals surface area contributed by atoms with E-state index < -0.39 is 0 Å². The second-order valence-corrected chi connectivity index (χ2v) is 5.77. The van der Waals surface area contributed by atoms with E-state index in [1.807, 2.05) is 24.3 Å². The van der Waals surface area contributed by atoms with Gasteiger partial charge in [0.25, 0.3) is 0 Å². The lowest BCUT2D eigenvalue weighted by Gasteiger charge is -2.10. The molecule has 0 saturated heterocycles. The number of carbonyl (C=O) groups excluding carboxylic acids is 1. The molecule has 0 fully saturated rings. The number of hydrogen-bond donors (Lipinski definition) is 2. The average Bonchev–Trinajstić information content (AvgIpc) is 2.39. The Morgan fingerprint density at radius 2 is 1.40 bits per heavy atom. The first-order chi connectivity index (χ1) is 9.54. The Labute approximate surface area is 122 Å². The molecule has 2 aromatic carbocycles. The summed E-state index contributed by atoms with van der Waals surface area (Å²) in [4.78, 5) is 11.0. The molecule has 0 radical (unpaired) electrons. The molecular formula is C16H19N2OP. The minimum atomic E-state index is -0.0558. The van der Waals surface area contributed by atoms with Gasteiger partial charge in [-0.1, -0.05) is 24.3 Å². The van der Waals surface area contributed by atoms with Crippen LogP contribution in [0.25, 0.3) is 11.1 Å². The second-order valence-electron chi connectivity index (χ2n) is 4.77. The molecule has 2 atom stereocenters. The van der Waals surface area contributed by atoms with E-state index in [-0.39, 0.29) is 5.91 Å². The predicted molar refractivity (Wildman–Crippen MR) is 89.0 cm³/mol. The van der Waals surface area contributed by atoms with Crippen molar-refractivity contribution in [2.75, 3.05) is 10.6 Å². The van der Waals surface area contributed by atoms with Crippen molar-refractivity contribution >= 4 is 26.5 Å². The molecule has 2 unspecified atom stereocenters. The van der Waals surface area contributed by atoms with E-state index in [1.54, 1.807) is 0 Å². The Morgan fingerprint density at radius 3 is 1.80 bits per heavy atom. The fourth-order valence-corrected chi connectivity index (χ4v) is 2.16. The zero-order valence-electron chi connectivity index (χ0n) is 11.7. The van der Waals surface area contributed by atoms with Crippen LogP contribution in [-0.4, -0.2) is 11.7 Å². The van der Waals surface area contributed by atoms with E-state index in [4.69, 9.17) is 0 Å². The lowest BCUT2D eigenvalue weighted by atomic mass is 10.0. The number of anilines is 2. The number of benzene rings is 2. The third-order valence-corrected chi connectivity index (χ3v) is 2.98. The fraction of sp³-hybridized carbons (Fsp3) is 0.188. The normalized spacial score (nSPS) is 11.8. The molecule has 0 aliphatic heterocycles. The Hall–Kier alpha value is -1.86. The molecule has 0 bridgehead atoms. The van der Waals surface area contributed by atoms with Gasteiger partial charge in [-0.05, 0) is 42.3 Å². The second kappa shape index (κ2) is 6.53. The molecule has 3 nitrogen and oxygen atoms in total. The topological polar surface area (TPSA) is 41.1 Å². The summed E-state index contributed by atoms with van der Waals surface area (Å²) in [7, 11) is 2.71. The highest BCUT2D eigenvalue weighted by atomic mass is 31.0. The van der Waals surface area contributed by atoms with E-state index in [2.05, 4.69) is 51.1 Å². The fourth-order valence-electron chi connectivity index (χ4n) is 1.97. The summed E-state index contributed by atoms with van der Waals surface area (Å²) in [6.07, 6.45) is 0. The van der Waals surface area contributed by atoms with Crippen LogP contribution in [0.3, 0.4) is 0 Å². The van der Waals surface area contributed by atoms with Gasteiger partial charge in [0, 0.05) is 24.1 Å². The average molecular weight is 286 g/mol. The van der Waals surface area contributed by atoms with Crippen LogP contribution in [-0.2, 0) is 4.79 Å². The van der Waals surface area contributed by atoms with Crippen molar-refractivity contribution in [1.29, 1.82) is 0 Å². The first kappa shape index (κ1) is 14.5. The maximum atomic E-state index is 11.0. The van der Waals surface area contributed by atoms with Gasteiger partial charge in [-0.3, -0.25) is 4.79 Å². The van der Waals surface area contributed by atoms with Crippen molar-refractivity contribution in [2.24, 2.45) is 0 Å². The SMILES string of the molecule is CC(=O)Nc1ccc(-c2ccc(NC(C)P)cc2)cc1. The molecule has 1 amide bonds. The zero-order chi connectivity index (χ0) is 14.5. The first-order valence-corrected chi connectivity index (χ1v) is 7.21. The summed E-state index contributed by atoms with van der Waals surface area (Å²) in [5, 5.41) is 6.09. The van der Waals surface area contributed by atoms with Crippen LogP contribution in [0.2, 0.25) is 0 Å². The minimum Gasteiger partial charge on any atom is -0.379 e. The van der Waals surface area contributed by atoms with E-state index in [0.29, 0.717) is 5.78 Å². The molecule has 2 aromatic rings. The highest BCUT2D eigenvalue weighted by Gasteiger charge is 2.00. The summed E-state index contributed by atoms with van der Waals surface area (Å²) in [5.74, 6) is 0.289. The molecule has 0 spiro atoms. The molecule has 0 aliphatic rings. The standard InChI is InChI=1S/C16H19N2OP/c1-11(19)17-15-7-3-13(4-8-15)14-5-9-16(10-6-14)18-12(2)20/h3-10,12,18H,20H2,1-2H3,(H,17,19). The summed E-state index contributed by atoms with van der Waals surface area (Å²) < 4.78 is 0. The molecule has 0 heterocycles. The van der Waals surface area contributed by atoms with Crippen LogP contribution in [0.5, 0.6) is 0 Å². The quantitative estimate of drug-likeness (QED) is 0.836. The van der Waals surface area contributed by atoms with Crippen molar-refractivity contribution in [3.05, 3.63) is 48.5 Å². The van der Waals surface area contributed by atoms with Gasteiger partial charge in [0.1, 0.15) is 0 Å². The van der Waals surface area contributed by atoms with Gasteiger partial charge in [0.2, 0.25) is 5.91 Å². The third-order valence-electron chi connectivity index (χ3n) is 2.82. The number of nitrogens with one attached hydrogen (secondary N) is 2. The Bertz CT molecular complexity index is 576. The molecule has 0 aliphatic carbocycles. The Kier molecular flexibility index (Phi) is 4.75. The molecule has 4 heteroatoms. The predicted octanol–water partition coefficient (Wildman–Crippen LogP) is 3.95. The van der Waals surface area contributed by atoms with E-state index in [1.165, 1.54) is 6.92 Å². The van der Waals surface area contributed by atoms with Crippen molar-refractivity contribution in [2.45, 2.75) is 19.6 Å². The molecule has 2 rings (SSSR count). The monoisotopic (exact) mass is 286 g/mol. The van der Waals surface area contributed by atoms with Crippen molar-refractivity contribution in [1.82, 2.24) is 0 Å². The summed E-state index contributed by atoms with van der Waals surface area (Å²) in [5.41, 5.74) is 4.20. The molecule has 20 heavy (non-hydrogen) atoms. The first-order valence-electron chi connectivity index (χ1n) is 6.55. The molecular weight excluding hydrogens is 267 g/mol. The van der Waals surface area contributed by atoms with E-state index >= 15 is 0 Å². The third kappa shape index (κ3) is 4.07. The molecule has 2 N–H and O–H groups in total. The Morgan fingerprint density at radius 1 is 0.950 bits per heavy atom. The Balaban J connectivity index is 2.13. The zero-order valence-corrected chi connectivity index (χ0v) is 12.8. The van der Waals surface area contributed by atoms with Gasteiger partial charge >= 0.3 is 0 Å². The maximum Gasteiger partial charge on any atom is 0.221 e. The number of carbonyl (C=O) groups is 1. The summed E-state index contributed by atoms with van der Waals surface area (Å²) >= 11 is 0. The highest BCUT2D eigenvalue weighted by molar-refractivity contribution is 7.17. The number of hydrogen-bond acceptors (Lipinski definition) is 2. The molecule has 104 valence electrons. The van der Waals surface area contributed by atoms with Crippen molar-refractivity contribution in [3.8, 4) is 11.1 Å². The van der Waals surface area contributed by atoms with Gasteiger partial charge in [0.05, 0.1) is 0 Å². The smallest absolute Gasteiger partial charge is 0.221 e. The molecule has 0 aromatic heterocycles. The van der Waals surface area contributed by atoms with Crippen molar-refractivity contribution < 1.29 is 4.79 Å². The van der Waals surface area contributed by atoms with E-state index in [0.717, 1.165) is 22.5 Å². The summed E-state index contributed by atoms with van der Waals surface area (Å²) in [6.45, 7) is 3.59. The van der Waals surface area contributed by atoms with Crippen LogP contribution in [0, 0.1) is 0 Å². The van der Waals surface area contributed by atoms with Gasteiger partial charge < -0.3 is 10.6 Å². The number of rotatable bonds is 4. The highest BCUT2D eigenvalue weighted by Crippen LogP contribution is 2.23. The van der Waals surface area contributed by atoms with Crippen molar-refractivity contribution in [3.63, 3.8) is 0 Å². The lowest BCUT2D eigenvalue weighted by molar-refractivity contribution is -0.114. The maximum absolute atomic E-state index is 11.0. The molecule has 0 saturated carbocycles. The van der Waals surface area contributed by atoms with Crippen LogP contribution < -0.4 is 10.6 Å². The van der Waals surface area contributed by atoms with Gasteiger partial charge in [-0.2, -0.15) is 0 Å². The van der Waals surface area contributed by atoms with Crippen LogP contribution in [0.1, 0.15) is 13.8 Å². The minimum absolute atomic E-state index is 0.0558.